The number of hydrogen-bond acceptors (Lipinski definition) is 3. The second-order valence-electron chi connectivity index (χ2n) is 1.47. The van der Waals surface area contributed by atoms with Crippen molar-refractivity contribution in [3.8, 4) is 0 Å². The maximum atomic E-state index is 4.06. The van der Waals surface area contributed by atoms with E-state index in [1.165, 1.54) is 0 Å². The highest BCUT2D eigenvalue weighted by molar-refractivity contribution is 8.03. The van der Waals surface area contributed by atoms with E-state index in [2.05, 4.69) is 44.0 Å². The summed E-state index contributed by atoms with van der Waals surface area (Å²) >= 11 is 8.12. The molecule has 0 N–H and O–H groups in total. The Morgan fingerprint density at radius 2 is 1.62 bits per heavy atom. The zero-order valence-electron chi connectivity index (χ0n) is 5.26. The normalized spacial score (nSPS) is 11.2. The summed E-state index contributed by atoms with van der Waals surface area (Å²) < 4.78 is 0.801. The smallest absolute Gasteiger partial charge is 0.0316 e. The average molecular weight is 150 g/mol. The van der Waals surface area contributed by atoms with E-state index in [9.17, 15) is 0 Å². The van der Waals surface area contributed by atoms with Crippen LogP contribution in [0.2, 0.25) is 0 Å². The Kier molecular flexibility index (Phi) is 4.90. The van der Waals surface area contributed by atoms with Crippen molar-refractivity contribution in [2.45, 2.75) is 13.8 Å². The predicted octanol–water partition coefficient (Wildman–Crippen LogP) is 1.63. The summed E-state index contributed by atoms with van der Waals surface area (Å²) in [6, 6.07) is 0. The Labute approximate surface area is 62.3 Å². The molecule has 0 unspecified atom stereocenters. The molecule has 0 aromatic rings. The molecule has 0 radical (unpaired) electrons. The minimum atomic E-state index is 0.801. The van der Waals surface area contributed by atoms with Crippen molar-refractivity contribution in [3.05, 3.63) is 4.71 Å². The summed E-state index contributed by atoms with van der Waals surface area (Å²) in [7, 11) is 0. The zero-order valence-corrected chi connectivity index (χ0v) is 7.04. The lowest BCUT2D eigenvalue weighted by Gasteiger charge is -2.34. The van der Waals surface area contributed by atoms with Crippen LogP contribution in [0.3, 0.4) is 0 Å². The van der Waals surface area contributed by atoms with Crippen LogP contribution in [0.1, 0.15) is 13.8 Å². The van der Waals surface area contributed by atoms with Gasteiger partial charge in [-0.3, -0.25) is 0 Å². The largest absolute Gasteiger partial charge is 0.435 e. The van der Waals surface area contributed by atoms with Crippen LogP contribution in [0.4, 0.5) is 0 Å². The van der Waals surface area contributed by atoms with Crippen molar-refractivity contribution in [3.63, 3.8) is 0 Å². The van der Waals surface area contributed by atoms with Crippen LogP contribution in [0.25, 0.3) is 0 Å². The maximum Gasteiger partial charge on any atom is -0.0316 e. The lowest BCUT2D eigenvalue weighted by atomic mass is 10.6. The topological polar surface area (TPSA) is 3.24 Å². The first-order chi connectivity index (χ1) is 3.72. The van der Waals surface area contributed by atoms with Gasteiger partial charge in [0.25, 0.3) is 0 Å². The second kappa shape index (κ2) is 4.53. The summed E-state index contributed by atoms with van der Waals surface area (Å²) in [5.74, 6) is 0. The van der Waals surface area contributed by atoms with Crippen LogP contribution in [-0.2, 0) is 0 Å². The van der Waals surface area contributed by atoms with Gasteiger partial charge in [0.15, 0.2) is 0 Å². The summed E-state index contributed by atoms with van der Waals surface area (Å²) in [6.07, 6.45) is 0. The maximum absolute atomic E-state index is 4.06. The standard InChI is InChI=1S/C5H12NS2/c1-3-6(4-2)5(7)8/h7-8H,3-4H2,1-2H3/q-1. The number of rotatable bonds is 3. The molecular formula is C5H12NS2-. The quantitative estimate of drug-likeness (QED) is 0.457. The van der Waals surface area contributed by atoms with Gasteiger partial charge < -0.3 is 30.2 Å². The predicted molar refractivity (Wildman–Crippen MR) is 44.1 cm³/mol. The summed E-state index contributed by atoms with van der Waals surface area (Å²) in [6.45, 7) is 6.13. The van der Waals surface area contributed by atoms with Crippen molar-refractivity contribution >= 4 is 25.3 Å². The van der Waals surface area contributed by atoms with Crippen molar-refractivity contribution < 1.29 is 0 Å². The molecule has 0 heterocycles. The number of thiol groups is 2. The van der Waals surface area contributed by atoms with Gasteiger partial charge in [0.05, 0.1) is 0 Å². The Hall–Kier alpha value is 0.660. The summed E-state index contributed by atoms with van der Waals surface area (Å²) in [5.41, 5.74) is 0. The first kappa shape index (κ1) is 8.66. The Morgan fingerprint density at radius 3 is 1.62 bits per heavy atom. The molecule has 0 rings (SSSR count). The van der Waals surface area contributed by atoms with Gasteiger partial charge in [-0.2, -0.15) is 4.71 Å². The van der Waals surface area contributed by atoms with E-state index < -0.39 is 0 Å². The molecule has 0 saturated heterocycles. The molecule has 0 aliphatic rings. The molecule has 0 bridgehead atoms. The van der Waals surface area contributed by atoms with Crippen LogP contribution in [0, 0.1) is 4.71 Å². The second-order valence-corrected chi connectivity index (χ2v) is 2.67. The van der Waals surface area contributed by atoms with E-state index in [0.717, 1.165) is 17.8 Å². The van der Waals surface area contributed by atoms with Gasteiger partial charge in [0, 0.05) is 0 Å². The zero-order chi connectivity index (χ0) is 6.57. The van der Waals surface area contributed by atoms with Crippen molar-refractivity contribution in [2.75, 3.05) is 13.1 Å². The van der Waals surface area contributed by atoms with Crippen LogP contribution in [0.5, 0.6) is 0 Å². The molecule has 0 spiro atoms. The molecular weight excluding hydrogens is 138 g/mol. The van der Waals surface area contributed by atoms with E-state index >= 15 is 0 Å². The van der Waals surface area contributed by atoms with Gasteiger partial charge in [0.2, 0.25) is 0 Å². The third kappa shape index (κ3) is 2.84. The van der Waals surface area contributed by atoms with E-state index in [4.69, 9.17) is 0 Å². The molecule has 0 aliphatic carbocycles. The molecule has 0 amide bonds. The van der Waals surface area contributed by atoms with Crippen LogP contribution < -0.4 is 0 Å². The van der Waals surface area contributed by atoms with E-state index in [1.54, 1.807) is 0 Å². The van der Waals surface area contributed by atoms with E-state index in [-0.39, 0.29) is 0 Å². The third-order valence-corrected chi connectivity index (χ3v) is 1.61. The molecule has 3 heteroatoms. The minimum Gasteiger partial charge on any atom is -0.435 e. The third-order valence-electron chi connectivity index (χ3n) is 1.05. The number of nitrogens with zero attached hydrogens (tertiary/aromatic N) is 1. The Balaban J connectivity index is 3.35. The SMILES string of the molecule is CCN(CC)[C-](S)S. The first-order valence-corrected chi connectivity index (χ1v) is 3.61. The minimum absolute atomic E-state index is 0.801. The van der Waals surface area contributed by atoms with Crippen molar-refractivity contribution in [2.24, 2.45) is 0 Å². The molecule has 0 saturated carbocycles. The summed E-state index contributed by atoms with van der Waals surface area (Å²) in [4.78, 5) is 2.06. The molecule has 1 nitrogen and oxygen atoms in total. The van der Waals surface area contributed by atoms with Crippen LogP contribution >= 0.6 is 25.3 Å². The van der Waals surface area contributed by atoms with Gasteiger partial charge in [-0.1, -0.05) is 13.8 Å². The van der Waals surface area contributed by atoms with Gasteiger partial charge in [-0.05, 0) is 13.1 Å². The summed E-state index contributed by atoms with van der Waals surface area (Å²) in [5, 5.41) is 0. The van der Waals surface area contributed by atoms with Crippen LogP contribution in [-0.4, -0.2) is 18.0 Å². The Morgan fingerprint density at radius 1 is 1.25 bits per heavy atom. The van der Waals surface area contributed by atoms with Crippen molar-refractivity contribution in [1.29, 1.82) is 0 Å². The van der Waals surface area contributed by atoms with Gasteiger partial charge in [-0.25, -0.2) is 0 Å². The fraction of sp³-hybridized carbons (Fsp3) is 0.800. The fourth-order valence-corrected chi connectivity index (χ4v) is 1.07. The highest BCUT2D eigenvalue weighted by Gasteiger charge is 1.89. The van der Waals surface area contributed by atoms with Gasteiger partial charge >= 0.3 is 0 Å². The van der Waals surface area contributed by atoms with E-state index in [0.29, 0.717) is 0 Å². The highest BCUT2D eigenvalue weighted by atomic mass is 32.2. The van der Waals surface area contributed by atoms with Gasteiger partial charge in [-0.15, -0.1) is 0 Å². The highest BCUT2D eigenvalue weighted by Crippen LogP contribution is 2.15. The molecule has 8 heavy (non-hydrogen) atoms. The number of hydrogen-bond donors (Lipinski definition) is 2. The molecule has 0 aliphatic heterocycles. The Bertz CT molecular complexity index is 52.4. The van der Waals surface area contributed by atoms with Crippen LogP contribution in [0.15, 0.2) is 0 Å². The molecule has 0 atom stereocenters. The van der Waals surface area contributed by atoms with Gasteiger partial charge in [0.1, 0.15) is 0 Å². The lowest BCUT2D eigenvalue weighted by molar-refractivity contribution is 0.392. The molecule has 0 aromatic heterocycles. The molecule has 50 valence electrons. The first-order valence-electron chi connectivity index (χ1n) is 2.72. The monoisotopic (exact) mass is 150 g/mol. The average Bonchev–Trinajstić information content (AvgIpc) is 1.69. The van der Waals surface area contributed by atoms with E-state index in [1.807, 2.05) is 0 Å². The van der Waals surface area contributed by atoms with Crippen molar-refractivity contribution in [1.82, 2.24) is 4.90 Å². The molecule has 0 fully saturated rings. The fourth-order valence-electron chi connectivity index (χ4n) is 0.506. The lowest BCUT2D eigenvalue weighted by Crippen LogP contribution is -2.21. The molecule has 0 aromatic carbocycles.